The van der Waals surface area contributed by atoms with Crippen LogP contribution in [0, 0.1) is 0 Å². The van der Waals surface area contributed by atoms with Crippen LogP contribution in [0.5, 0.6) is 0 Å². The summed E-state index contributed by atoms with van der Waals surface area (Å²) in [4.78, 5) is 0. The molecule has 0 unspecified atom stereocenters. The minimum atomic E-state index is 0. The molecular weight excluding hydrogens is 101 g/mol. The van der Waals surface area contributed by atoms with Gasteiger partial charge in [-0.15, -0.1) is 0 Å². The molecule has 0 fully saturated rings. The Morgan fingerprint density at radius 1 is 1.60 bits per heavy atom. The fourth-order valence-electron chi connectivity index (χ4n) is 0. The van der Waals surface area contributed by atoms with Gasteiger partial charge < -0.3 is 5.73 Å². The summed E-state index contributed by atoms with van der Waals surface area (Å²) in [6.07, 6.45) is 0.986. The molecular formula is C3H8NV-. The van der Waals surface area contributed by atoms with Crippen molar-refractivity contribution in [1.29, 1.82) is 0 Å². The van der Waals surface area contributed by atoms with Crippen molar-refractivity contribution in [3.63, 3.8) is 0 Å². The molecule has 5 heavy (non-hydrogen) atoms. The van der Waals surface area contributed by atoms with Crippen LogP contribution in [0.15, 0.2) is 0 Å². The largest absolute Gasteiger partial charge is 0.677 e. The van der Waals surface area contributed by atoms with E-state index in [1.807, 2.05) is 6.92 Å². The van der Waals surface area contributed by atoms with Crippen LogP contribution in [-0.2, 0) is 18.6 Å². The molecule has 1 nitrogen and oxygen atoms in total. The van der Waals surface area contributed by atoms with Crippen molar-refractivity contribution in [2.45, 2.75) is 13.3 Å². The van der Waals surface area contributed by atoms with Crippen LogP contribution in [0.2, 0.25) is 0 Å². The molecule has 0 amide bonds. The van der Waals surface area contributed by atoms with E-state index >= 15 is 0 Å². The molecule has 0 aromatic rings. The summed E-state index contributed by atoms with van der Waals surface area (Å²) in [6.45, 7) is 2.56. The van der Waals surface area contributed by atoms with E-state index in [0.717, 1.165) is 6.42 Å². The van der Waals surface area contributed by atoms with E-state index in [2.05, 4.69) is 0 Å². The Morgan fingerprint density at radius 2 is 1.80 bits per heavy atom. The van der Waals surface area contributed by atoms with Gasteiger partial charge in [0.25, 0.3) is 0 Å². The molecule has 0 saturated carbocycles. The van der Waals surface area contributed by atoms with Crippen molar-refractivity contribution in [3.05, 3.63) is 5.73 Å². The molecule has 0 heterocycles. The molecule has 0 aromatic carbocycles. The Labute approximate surface area is 44.8 Å². The maximum Gasteiger partial charge on any atom is 0 e. The van der Waals surface area contributed by atoms with Crippen molar-refractivity contribution >= 4 is 0 Å². The summed E-state index contributed by atoms with van der Waals surface area (Å²) in [7, 11) is 0. The van der Waals surface area contributed by atoms with Crippen LogP contribution in [0.1, 0.15) is 13.3 Å². The minimum absolute atomic E-state index is 0. The van der Waals surface area contributed by atoms with E-state index in [0.29, 0.717) is 6.54 Å². The average Bonchev–Trinajstić information content (AvgIpc) is 1.37. The van der Waals surface area contributed by atoms with Crippen molar-refractivity contribution in [3.8, 4) is 0 Å². The van der Waals surface area contributed by atoms with E-state index in [1.54, 1.807) is 0 Å². The Kier molecular flexibility index (Phi) is 16.1. The summed E-state index contributed by atoms with van der Waals surface area (Å²) >= 11 is 0. The third-order valence-electron chi connectivity index (χ3n) is 0.250. The fourth-order valence-corrected chi connectivity index (χ4v) is 0. The first-order valence-corrected chi connectivity index (χ1v) is 1.56. The van der Waals surface area contributed by atoms with Gasteiger partial charge in [-0.3, -0.25) is 0 Å². The van der Waals surface area contributed by atoms with E-state index in [9.17, 15) is 0 Å². The maximum absolute atomic E-state index is 6.45. The zero-order valence-electron chi connectivity index (χ0n) is 3.36. The Bertz CT molecular complexity index is 8.85. The number of hydrogen-bond donors (Lipinski definition) is 0. The van der Waals surface area contributed by atoms with Crippen molar-refractivity contribution < 1.29 is 18.6 Å². The summed E-state index contributed by atoms with van der Waals surface area (Å²) in [6, 6.07) is 0. The van der Waals surface area contributed by atoms with Gasteiger partial charge in [0, 0.05) is 18.6 Å². The second kappa shape index (κ2) is 8.82. The fraction of sp³-hybridized carbons (Fsp3) is 1.00. The molecule has 31 valence electrons. The van der Waals surface area contributed by atoms with Gasteiger partial charge in [-0.25, -0.2) is 0 Å². The van der Waals surface area contributed by atoms with E-state index in [4.69, 9.17) is 5.73 Å². The third kappa shape index (κ3) is 12.3. The first-order chi connectivity index (χ1) is 1.91. The van der Waals surface area contributed by atoms with Gasteiger partial charge in [-0.05, 0) is 0 Å². The third-order valence-corrected chi connectivity index (χ3v) is 0.250. The van der Waals surface area contributed by atoms with Gasteiger partial charge in [0.15, 0.2) is 0 Å². The molecule has 0 aliphatic heterocycles. The molecule has 0 aromatic heterocycles. The topological polar surface area (TPSA) is 23.8 Å². The number of rotatable bonds is 1. The van der Waals surface area contributed by atoms with Crippen molar-refractivity contribution in [2.24, 2.45) is 0 Å². The van der Waals surface area contributed by atoms with Crippen molar-refractivity contribution in [2.75, 3.05) is 6.54 Å². The molecule has 1 N–H and O–H groups in total. The van der Waals surface area contributed by atoms with E-state index in [-0.39, 0.29) is 18.6 Å². The van der Waals surface area contributed by atoms with Gasteiger partial charge in [-0.2, -0.15) is 6.54 Å². The summed E-state index contributed by atoms with van der Waals surface area (Å²) in [5, 5.41) is 0. The van der Waals surface area contributed by atoms with E-state index in [1.165, 1.54) is 0 Å². The Hall–Kier alpha value is 0.544. The zero-order valence-corrected chi connectivity index (χ0v) is 4.76. The predicted octanol–water partition coefficient (Wildman–Crippen LogP) is 1.45. The summed E-state index contributed by atoms with van der Waals surface area (Å²) in [5.74, 6) is 0. The van der Waals surface area contributed by atoms with Crippen LogP contribution in [0.4, 0.5) is 0 Å². The second-order valence-corrected chi connectivity index (χ2v) is 0.750. The van der Waals surface area contributed by atoms with Crippen molar-refractivity contribution in [1.82, 2.24) is 0 Å². The second-order valence-electron chi connectivity index (χ2n) is 0.750. The normalized spacial score (nSPS) is 6.00. The first kappa shape index (κ1) is 9.11. The average molecular weight is 109 g/mol. The Morgan fingerprint density at radius 3 is 1.80 bits per heavy atom. The van der Waals surface area contributed by atoms with Crippen LogP contribution in [0.3, 0.4) is 0 Å². The molecule has 1 radical (unpaired) electrons. The molecule has 0 atom stereocenters. The van der Waals surface area contributed by atoms with Gasteiger partial charge in [-0.1, -0.05) is 13.3 Å². The smallest absolute Gasteiger partial charge is 0 e. The molecule has 0 aliphatic rings. The van der Waals surface area contributed by atoms with Gasteiger partial charge in [0.1, 0.15) is 0 Å². The number of hydrogen-bond acceptors (Lipinski definition) is 0. The molecule has 2 heteroatoms. The van der Waals surface area contributed by atoms with Gasteiger partial charge in [0.2, 0.25) is 0 Å². The molecule has 0 aliphatic carbocycles. The molecule has 0 saturated heterocycles. The summed E-state index contributed by atoms with van der Waals surface area (Å²) < 4.78 is 0. The standard InChI is InChI=1S/C3H8N.V/c1-2-3-4;/h4H,2-3H2,1H3;/q-1;. The van der Waals surface area contributed by atoms with Crippen LogP contribution < -0.4 is 0 Å². The quantitative estimate of drug-likeness (QED) is 0.486. The maximum atomic E-state index is 6.45. The van der Waals surface area contributed by atoms with Gasteiger partial charge in [0.05, 0.1) is 0 Å². The summed E-state index contributed by atoms with van der Waals surface area (Å²) in [5.41, 5.74) is 6.45. The zero-order chi connectivity index (χ0) is 3.41. The SMILES string of the molecule is CCC[NH-].[V]. The monoisotopic (exact) mass is 109 g/mol. The van der Waals surface area contributed by atoms with Gasteiger partial charge >= 0.3 is 0 Å². The van der Waals surface area contributed by atoms with Crippen LogP contribution in [0.25, 0.3) is 5.73 Å². The minimum Gasteiger partial charge on any atom is -0.677 e. The molecule has 0 spiro atoms. The number of nitrogens with one attached hydrogen (secondary N) is 1. The van der Waals surface area contributed by atoms with E-state index < -0.39 is 0 Å². The van der Waals surface area contributed by atoms with Crippen LogP contribution in [-0.4, -0.2) is 6.54 Å². The Balaban J connectivity index is 0. The predicted molar refractivity (Wildman–Crippen MR) is 19.5 cm³/mol. The first-order valence-electron chi connectivity index (χ1n) is 1.56. The molecule has 0 rings (SSSR count). The van der Waals surface area contributed by atoms with Crippen LogP contribution >= 0.6 is 0 Å². The molecule has 0 bridgehead atoms.